The van der Waals surface area contributed by atoms with E-state index in [1.54, 1.807) is 6.92 Å². The van der Waals surface area contributed by atoms with Gasteiger partial charge in [-0.05, 0) is 56.3 Å². The van der Waals surface area contributed by atoms with Crippen LogP contribution >= 0.6 is 0 Å². The second-order valence-corrected chi connectivity index (χ2v) is 6.74. The zero-order chi connectivity index (χ0) is 14.2. The minimum absolute atomic E-state index is 0.00130. The molecule has 1 heterocycles. The molecule has 0 radical (unpaired) electrons. The van der Waals surface area contributed by atoms with E-state index in [2.05, 4.69) is 13.8 Å². The molecule has 112 valence electrons. The SMILES string of the molecule is CC(O)CC[C@H]1[C@H](C)CC[C@H]2[C@@H](C)CO[C@@H](O)[C@@]12O. The highest BCUT2D eigenvalue weighted by Gasteiger charge is 2.57. The molecule has 2 rings (SSSR count). The molecule has 4 heteroatoms. The highest BCUT2D eigenvalue weighted by atomic mass is 16.6. The van der Waals surface area contributed by atoms with Gasteiger partial charge in [-0.3, -0.25) is 0 Å². The molecule has 19 heavy (non-hydrogen) atoms. The molecular weight excluding hydrogens is 244 g/mol. The Morgan fingerprint density at radius 1 is 1.26 bits per heavy atom. The van der Waals surface area contributed by atoms with Crippen molar-refractivity contribution in [2.45, 2.75) is 64.4 Å². The van der Waals surface area contributed by atoms with Crippen molar-refractivity contribution in [2.24, 2.45) is 23.7 Å². The Kier molecular flexibility index (Phi) is 4.56. The van der Waals surface area contributed by atoms with E-state index in [0.29, 0.717) is 18.9 Å². The molecule has 4 nitrogen and oxygen atoms in total. The second kappa shape index (κ2) is 5.68. The highest BCUT2D eigenvalue weighted by molar-refractivity contribution is 5.03. The van der Waals surface area contributed by atoms with Crippen molar-refractivity contribution in [1.82, 2.24) is 0 Å². The van der Waals surface area contributed by atoms with Crippen molar-refractivity contribution in [3.8, 4) is 0 Å². The van der Waals surface area contributed by atoms with E-state index in [9.17, 15) is 15.3 Å². The number of aliphatic hydroxyl groups excluding tert-OH is 2. The van der Waals surface area contributed by atoms with E-state index in [1.165, 1.54) is 0 Å². The standard InChI is InChI=1S/C15H28O4/c1-9-4-6-13-10(2)8-19-14(17)15(13,18)12(9)7-5-11(3)16/h9-14,16-18H,4-8H2,1-3H3/t9-,10+,11?,12+,13+,14-,15-/m1/s1. The monoisotopic (exact) mass is 272 g/mol. The lowest BCUT2D eigenvalue weighted by atomic mass is 9.58. The van der Waals surface area contributed by atoms with Crippen molar-refractivity contribution in [2.75, 3.05) is 6.61 Å². The number of hydrogen-bond acceptors (Lipinski definition) is 4. The molecule has 0 bridgehead atoms. The Morgan fingerprint density at radius 3 is 2.58 bits per heavy atom. The van der Waals surface area contributed by atoms with Gasteiger partial charge in [-0.1, -0.05) is 13.8 Å². The third-order valence-electron chi connectivity index (χ3n) is 5.30. The molecule has 0 spiro atoms. The molecule has 2 aliphatic rings. The van der Waals surface area contributed by atoms with E-state index in [0.717, 1.165) is 19.3 Å². The van der Waals surface area contributed by atoms with Crippen LogP contribution in [0.5, 0.6) is 0 Å². The van der Waals surface area contributed by atoms with Crippen LogP contribution in [-0.2, 0) is 4.74 Å². The van der Waals surface area contributed by atoms with Crippen molar-refractivity contribution in [1.29, 1.82) is 0 Å². The Labute approximate surface area is 115 Å². The predicted molar refractivity (Wildman–Crippen MR) is 72.4 cm³/mol. The first-order valence-electron chi connectivity index (χ1n) is 7.57. The van der Waals surface area contributed by atoms with Crippen LogP contribution in [0.25, 0.3) is 0 Å². The molecule has 0 amide bonds. The largest absolute Gasteiger partial charge is 0.393 e. The molecule has 2 fully saturated rings. The second-order valence-electron chi connectivity index (χ2n) is 6.74. The van der Waals surface area contributed by atoms with E-state index in [-0.39, 0.29) is 23.9 Å². The van der Waals surface area contributed by atoms with Crippen LogP contribution in [-0.4, -0.2) is 39.9 Å². The molecule has 1 unspecified atom stereocenters. The fraction of sp³-hybridized carbons (Fsp3) is 1.00. The average Bonchev–Trinajstić information content (AvgIpc) is 2.33. The highest BCUT2D eigenvalue weighted by Crippen LogP contribution is 2.51. The van der Waals surface area contributed by atoms with Gasteiger partial charge in [-0.2, -0.15) is 0 Å². The summed E-state index contributed by atoms with van der Waals surface area (Å²) in [7, 11) is 0. The van der Waals surface area contributed by atoms with Gasteiger partial charge in [-0.25, -0.2) is 0 Å². The number of hydrogen-bond donors (Lipinski definition) is 3. The third kappa shape index (κ3) is 2.68. The summed E-state index contributed by atoms with van der Waals surface area (Å²) < 4.78 is 5.39. The summed E-state index contributed by atoms with van der Waals surface area (Å²) in [5.74, 6) is 0.726. The summed E-state index contributed by atoms with van der Waals surface area (Å²) in [5.41, 5.74) is -1.15. The van der Waals surface area contributed by atoms with Crippen LogP contribution in [0, 0.1) is 23.7 Å². The molecular formula is C15H28O4. The van der Waals surface area contributed by atoms with Crippen molar-refractivity contribution in [3.63, 3.8) is 0 Å². The first-order chi connectivity index (χ1) is 8.87. The van der Waals surface area contributed by atoms with E-state index < -0.39 is 11.9 Å². The number of rotatable bonds is 3. The van der Waals surface area contributed by atoms with Gasteiger partial charge in [-0.15, -0.1) is 0 Å². The molecule has 1 aliphatic carbocycles. The van der Waals surface area contributed by atoms with Gasteiger partial charge < -0.3 is 20.1 Å². The van der Waals surface area contributed by atoms with Crippen molar-refractivity contribution in [3.05, 3.63) is 0 Å². The molecule has 0 aromatic heterocycles. The maximum Gasteiger partial charge on any atom is 0.184 e. The summed E-state index contributed by atoms with van der Waals surface area (Å²) >= 11 is 0. The summed E-state index contributed by atoms with van der Waals surface area (Å²) in [6.45, 7) is 6.51. The van der Waals surface area contributed by atoms with Crippen LogP contribution in [0.4, 0.5) is 0 Å². The lowest BCUT2D eigenvalue weighted by Gasteiger charge is -2.55. The van der Waals surface area contributed by atoms with Gasteiger partial charge in [0.05, 0.1) is 12.7 Å². The Bertz CT molecular complexity index is 307. The van der Waals surface area contributed by atoms with E-state index in [1.807, 2.05) is 0 Å². The minimum atomic E-state index is -1.15. The number of aliphatic hydroxyl groups is 3. The maximum atomic E-state index is 11.1. The van der Waals surface area contributed by atoms with Gasteiger partial charge in [0.1, 0.15) is 5.60 Å². The molecule has 1 aliphatic heterocycles. The Balaban J connectivity index is 2.21. The van der Waals surface area contributed by atoms with E-state index >= 15 is 0 Å². The smallest absolute Gasteiger partial charge is 0.184 e. The topological polar surface area (TPSA) is 69.9 Å². The fourth-order valence-electron chi connectivity index (χ4n) is 4.14. The van der Waals surface area contributed by atoms with Crippen LogP contribution in [0.15, 0.2) is 0 Å². The van der Waals surface area contributed by atoms with Gasteiger partial charge in [0, 0.05) is 0 Å². The predicted octanol–water partition coefficient (Wildman–Crippen LogP) is 1.53. The zero-order valence-corrected chi connectivity index (χ0v) is 12.2. The van der Waals surface area contributed by atoms with Crippen LogP contribution in [0.3, 0.4) is 0 Å². The maximum absolute atomic E-state index is 11.1. The normalized spacial score (nSPS) is 48.6. The van der Waals surface area contributed by atoms with Gasteiger partial charge in [0.25, 0.3) is 0 Å². The molecule has 7 atom stereocenters. The summed E-state index contributed by atoms with van der Waals surface area (Å²) in [6, 6.07) is 0. The molecule has 0 aromatic rings. The van der Waals surface area contributed by atoms with Gasteiger partial charge in [0.15, 0.2) is 6.29 Å². The summed E-state index contributed by atoms with van der Waals surface area (Å²) in [4.78, 5) is 0. The van der Waals surface area contributed by atoms with Crippen molar-refractivity contribution < 1.29 is 20.1 Å². The minimum Gasteiger partial charge on any atom is -0.393 e. The quantitative estimate of drug-likeness (QED) is 0.728. The molecule has 0 aromatic carbocycles. The van der Waals surface area contributed by atoms with E-state index in [4.69, 9.17) is 4.74 Å². The Hall–Kier alpha value is -0.160. The third-order valence-corrected chi connectivity index (χ3v) is 5.30. The lowest BCUT2D eigenvalue weighted by Crippen LogP contribution is -2.64. The summed E-state index contributed by atoms with van der Waals surface area (Å²) in [6.07, 6.45) is 1.97. The lowest BCUT2D eigenvalue weighted by molar-refractivity contribution is -0.310. The first-order valence-corrected chi connectivity index (χ1v) is 7.57. The van der Waals surface area contributed by atoms with Crippen LogP contribution in [0.2, 0.25) is 0 Å². The average molecular weight is 272 g/mol. The molecule has 3 N–H and O–H groups in total. The van der Waals surface area contributed by atoms with Gasteiger partial charge in [0.2, 0.25) is 0 Å². The molecule has 1 saturated carbocycles. The number of ether oxygens (including phenoxy) is 1. The molecule has 1 saturated heterocycles. The Morgan fingerprint density at radius 2 is 1.95 bits per heavy atom. The first kappa shape index (κ1) is 15.2. The number of fused-ring (bicyclic) bond motifs is 1. The fourth-order valence-corrected chi connectivity index (χ4v) is 4.14. The van der Waals surface area contributed by atoms with Crippen LogP contribution in [0.1, 0.15) is 46.5 Å². The van der Waals surface area contributed by atoms with Crippen LogP contribution < -0.4 is 0 Å². The van der Waals surface area contributed by atoms with Gasteiger partial charge >= 0.3 is 0 Å². The zero-order valence-electron chi connectivity index (χ0n) is 12.2. The summed E-state index contributed by atoms with van der Waals surface area (Å²) in [5, 5.41) is 30.8. The van der Waals surface area contributed by atoms with Crippen molar-refractivity contribution >= 4 is 0 Å².